The van der Waals surface area contributed by atoms with Crippen molar-refractivity contribution in [1.29, 1.82) is 0 Å². The number of rotatable bonds is 7. The lowest BCUT2D eigenvalue weighted by molar-refractivity contribution is 0.298. The van der Waals surface area contributed by atoms with Crippen LogP contribution in [0.2, 0.25) is 0 Å². The normalized spacial score (nSPS) is 11.9. The Bertz CT molecular complexity index is 632. The van der Waals surface area contributed by atoms with Crippen LogP contribution in [0.3, 0.4) is 0 Å². The summed E-state index contributed by atoms with van der Waals surface area (Å²) in [5, 5.41) is 0. The van der Waals surface area contributed by atoms with Crippen LogP contribution >= 0.6 is 12.4 Å². The highest BCUT2D eigenvalue weighted by Gasteiger charge is 2.06. The van der Waals surface area contributed by atoms with Crippen LogP contribution < -0.4 is 4.74 Å². The molecule has 1 unspecified atom stereocenters. The molecule has 0 spiro atoms. The molecule has 0 amide bonds. The molecule has 0 aromatic heterocycles. The molecule has 2 rings (SSSR count). The van der Waals surface area contributed by atoms with Crippen LogP contribution in [-0.2, 0) is 13.0 Å². The average molecular weight is 356 g/mol. The zero-order chi connectivity index (χ0) is 16.8. The average Bonchev–Trinajstić information content (AvgIpc) is 2.54. The second-order valence-corrected chi connectivity index (χ2v) is 6.03. The molecule has 24 heavy (non-hydrogen) atoms. The lowest BCUT2D eigenvalue weighted by Crippen LogP contribution is -2.24. The smallest absolute Gasteiger partial charge is 0.159 e. The summed E-state index contributed by atoms with van der Waals surface area (Å²) in [6.07, 6.45) is 2.12. The summed E-state index contributed by atoms with van der Waals surface area (Å²) >= 11 is 0. The summed E-state index contributed by atoms with van der Waals surface area (Å²) in [5.74, 6) is -0.972. The minimum atomic E-state index is -0.851. The van der Waals surface area contributed by atoms with E-state index >= 15 is 0 Å². The maximum Gasteiger partial charge on any atom is 0.159 e. The van der Waals surface area contributed by atoms with E-state index in [0.29, 0.717) is 11.6 Å². The van der Waals surface area contributed by atoms with Crippen LogP contribution in [0.25, 0.3) is 0 Å². The first-order valence-electron chi connectivity index (χ1n) is 7.78. The Labute approximate surface area is 148 Å². The first-order valence-corrected chi connectivity index (χ1v) is 7.78. The van der Waals surface area contributed by atoms with Crippen LogP contribution in [0.4, 0.5) is 8.78 Å². The van der Waals surface area contributed by atoms with E-state index in [0.717, 1.165) is 30.7 Å². The van der Waals surface area contributed by atoms with E-state index in [-0.39, 0.29) is 19.0 Å². The van der Waals surface area contributed by atoms with Gasteiger partial charge in [0.15, 0.2) is 11.6 Å². The highest BCUT2D eigenvalue weighted by molar-refractivity contribution is 5.85. The largest absolute Gasteiger partial charge is 0.489 e. The Balaban J connectivity index is 0.00000288. The fraction of sp³-hybridized carbons (Fsp3) is 0.368. The molecule has 0 aliphatic carbocycles. The molecule has 2 aromatic rings. The predicted octanol–water partition coefficient (Wildman–Crippen LogP) is 4.85. The Hall–Kier alpha value is -1.65. The van der Waals surface area contributed by atoms with Gasteiger partial charge in [-0.3, -0.25) is 0 Å². The van der Waals surface area contributed by atoms with Gasteiger partial charge in [-0.05, 0) is 69.3 Å². The maximum absolute atomic E-state index is 13.1. The maximum atomic E-state index is 13.1. The number of benzene rings is 2. The van der Waals surface area contributed by atoms with E-state index in [1.807, 2.05) is 24.3 Å². The van der Waals surface area contributed by atoms with Gasteiger partial charge in [0.05, 0.1) is 0 Å². The third kappa shape index (κ3) is 6.10. The summed E-state index contributed by atoms with van der Waals surface area (Å²) in [4.78, 5) is 2.21. The molecule has 0 heterocycles. The molecule has 2 aromatic carbocycles. The van der Waals surface area contributed by atoms with E-state index < -0.39 is 11.6 Å². The van der Waals surface area contributed by atoms with Crippen LogP contribution in [0.5, 0.6) is 5.75 Å². The van der Waals surface area contributed by atoms with E-state index in [2.05, 4.69) is 25.9 Å². The summed E-state index contributed by atoms with van der Waals surface area (Å²) in [6.45, 7) is 2.42. The summed E-state index contributed by atoms with van der Waals surface area (Å²) in [5.41, 5.74) is 1.87. The van der Waals surface area contributed by atoms with Gasteiger partial charge in [-0.2, -0.15) is 0 Å². The van der Waals surface area contributed by atoms with Crippen molar-refractivity contribution in [2.45, 2.75) is 32.4 Å². The number of halogens is 3. The lowest BCUT2D eigenvalue weighted by Gasteiger charge is -2.19. The predicted molar refractivity (Wildman–Crippen MR) is 95.9 cm³/mol. The highest BCUT2D eigenvalue weighted by Crippen LogP contribution is 2.17. The lowest BCUT2D eigenvalue weighted by atomic mass is 10.1. The fourth-order valence-electron chi connectivity index (χ4n) is 2.18. The minimum Gasteiger partial charge on any atom is -0.489 e. The molecule has 1 atom stereocenters. The Morgan fingerprint density at radius 1 is 0.958 bits per heavy atom. The molecule has 0 saturated carbocycles. The zero-order valence-corrected chi connectivity index (χ0v) is 15.1. The van der Waals surface area contributed by atoms with E-state index in [4.69, 9.17) is 4.74 Å². The van der Waals surface area contributed by atoms with E-state index in [1.165, 1.54) is 11.6 Å². The van der Waals surface area contributed by atoms with Crippen LogP contribution in [0, 0.1) is 11.6 Å². The van der Waals surface area contributed by atoms with E-state index in [1.54, 1.807) is 0 Å². The number of aryl methyl sites for hydroxylation is 1. The molecule has 132 valence electrons. The van der Waals surface area contributed by atoms with Crippen molar-refractivity contribution in [2.24, 2.45) is 0 Å². The molecular weight excluding hydrogens is 332 g/mol. The first kappa shape index (κ1) is 20.4. The van der Waals surface area contributed by atoms with Crippen molar-refractivity contribution in [3.63, 3.8) is 0 Å². The Kier molecular flexibility index (Phi) is 8.16. The van der Waals surface area contributed by atoms with Gasteiger partial charge in [-0.25, -0.2) is 8.78 Å². The van der Waals surface area contributed by atoms with Crippen molar-refractivity contribution in [3.8, 4) is 5.75 Å². The molecule has 0 aliphatic heterocycles. The molecular formula is C19H24ClF2NO. The third-order valence-electron chi connectivity index (χ3n) is 4.05. The second-order valence-electron chi connectivity index (χ2n) is 6.03. The highest BCUT2D eigenvalue weighted by atomic mass is 35.5. The van der Waals surface area contributed by atoms with Crippen molar-refractivity contribution < 1.29 is 13.5 Å². The molecule has 0 radical (unpaired) electrons. The number of nitrogens with zero attached hydrogens (tertiary/aromatic N) is 1. The molecule has 5 heteroatoms. The standard InChI is InChI=1S/C19H23F2NO.ClH/c1-14(22(2)3)4-5-15-6-9-17(10-7-15)23-13-16-8-11-18(20)19(21)12-16;/h6-12,14H,4-5,13H2,1-3H3;1H. The number of hydrogen-bond donors (Lipinski definition) is 0. The minimum absolute atomic E-state index is 0. The van der Waals surface area contributed by atoms with Crippen molar-refractivity contribution in [3.05, 3.63) is 65.2 Å². The van der Waals surface area contributed by atoms with Crippen molar-refractivity contribution >= 4 is 12.4 Å². The third-order valence-corrected chi connectivity index (χ3v) is 4.05. The van der Waals surface area contributed by atoms with Gasteiger partial charge >= 0.3 is 0 Å². The summed E-state index contributed by atoms with van der Waals surface area (Å²) < 4.78 is 31.6. The van der Waals surface area contributed by atoms with Gasteiger partial charge < -0.3 is 9.64 Å². The summed E-state index contributed by atoms with van der Waals surface area (Å²) in [7, 11) is 4.17. The molecule has 0 N–H and O–H groups in total. The van der Waals surface area contributed by atoms with E-state index in [9.17, 15) is 8.78 Å². The van der Waals surface area contributed by atoms with Gasteiger partial charge in [-0.15, -0.1) is 12.4 Å². The zero-order valence-electron chi connectivity index (χ0n) is 14.3. The van der Waals surface area contributed by atoms with Gasteiger partial charge in [0.25, 0.3) is 0 Å². The molecule has 0 fully saturated rings. The fourth-order valence-corrected chi connectivity index (χ4v) is 2.18. The first-order chi connectivity index (χ1) is 11.0. The van der Waals surface area contributed by atoms with Gasteiger partial charge in [-0.1, -0.05) is 18.2 Å². The molecule has 2 nitrogen and oxygen atoms in total. The Morgan fingerprint density at radius 2 is 1.58 bits per heavy atom. The van der Waals surface area contributed by atoms with Gasteiger partial charge in [0.1, 0.15) is 12.4 Å². The SMILES string of the molecule is CC(CCc1ccc(OCc2ccc(F)c(F)c2)cc1)N(C)C.Cl. The topological polar surface area (TPSA) is 12.5 Å². The van der Waals surface area contributed by atoms with Crippen LogP contribution in [0.1, 0.15) is 24.5 Å². The number of ether oxygens (including phenoxy) is 1. The summed E-state index contributed by atoms with van der Waals surface area (Å²) in [6, 6.07) is 12.3. The van der Waals surface area contributed by atoms with Crippen LogP contribution in [0.15, 0.2) is 42.5 Å². The van der Waals surface area contributed by atoms with Crippen molar-refractivity contribution in [2.75, 3.05) is 14.1 Å². The second kappa shape index (κ2) is 9.60. The van der Waals surface area contributed by atoms with Gasteiger partial charge in [0.2, 0.25) is 0 Å². The molecule has 0 saturated heterocycles. The molecule has 0 bridgehead atoms. The number of hydrogen-bond acceptors (Lipinski definition) is 2. The van der Waals surface area contributed by atoms with Crippen molar-refractivity contribution in [1.82, 2.24) is 4.90 Å². The molecule has 0 aliphatic rings. The van der Waals surface area contributed by atoms with Gasteiger partial charge in [0, 0.05) is 6.04 Å². The monoisotopic (exact) mass is 355 g/mol. The Morgan fingerprint density at radius 3 is 2.17 bits per heavy atom. The van der Waals surface area contributed by atoms with Crippen LogP contribution in [-0.4, -0.2) is 25.0 Å². The quantitative estimate of drug-likeness (QED) is 0.704.